The molecule has 1 aliphatic carbocycles. The minimum absolute atomic E-state index is 0.278. The van der Waals surface area contributed by atoms with E-state index in [0.717, 1.165) is 29.8 Å². The minimum atomic E-state index is -0.293. The van der Waals surface area contributed by atoms with E-state index in [9.17, 15) is 4.39 Å². The lowest BCUT2D eigenvalue weighted by Crippen LogP contribution is -2.32. The standard InChI is InChI=1S/C24H27FN4/c1-2-24(15-18-6-4-3-5-7-18)16-19(17-26)23(14-20(24)12-13-28-27)29-22-10-8-21(25)9-11-22/h2-11,14,17,26,28-29H,1,12-13,15-16,27H2. The molecule has 4 nitrogen and oxygen atoms in total. The van der Waals surface area contributed by atoms with Crippen LogP contribution in [0, 0.1) is 16.6 Å². The van der Waals surface area contributed by atoms with Gasteiger partial charge in [0.05, 0.1) is 0 Å². The molecule has 2 aromatic carbocycles. The molecule has 0 spiro atoms. The number of hydrogen-bond acceptors (Lipinski definition) is 4. The van der Waals surface area contributed by atoms with E-state index in [2.05, 4.69) is 35.5 Å². The molecule has 0 saturated carbocycles. The number of rotatable bonds is 9. The van der Waals surface area contributed by atoms with Gasteiger partial charge in [-0.2, -0.15) is 0 Å². The van der Waals surface area contributed by atoms with Gasteiger partial charge in [0.1, 0.15) is 5.82 Å². The fourth-order valence-electron chi connectivity index (χ4n) is 3.83. The van der Waals surface area contributed by atoms with Gasteiger partial charge in [-0.15, -0.1) is 6.58 Å². The average molecular weight is 391 g/mol. The second kappa shape index (κ2) is 9.45. The van der Waals surface area contributed by atoms with E-state index >= 15 is 0 Å². The number of nitrogens with two attached hydrogens (primary N) is 1. The Morgan fingerprint density at radius 2 is 1.86 bits per heavy atom. The van der Waals surface area contributed by atoms with Gasteiger partial charge in [-0.1, -0.05) is 42.0 Å². The van der Waals surface area contributed by atoms with Crippen LogP contribution < -0.4 is 16.6 Å². The first-order valence-electron chi connectivity index (χ1n) is 9.68. The van der Waals surface area contributed by atoms with E-state index in [-0.39, 0.29) is 11.2 Å². The maximum atomic E-state index is 13.2. The molecule has 2 aromatic rings. The number of allylic oxidation sites excluding steroid dienone is 3. The number of hydrazine groups is 1. The van der Waals surface area contributed by atoms with Gasteiger partial charge < -0.3 is 10.7 Å². The zero-order chi connectivity index (χ0) is 20.7. The van der Waals surface area contributed by atoms with Gasteiger partial charge in [-0.05, 0) is 60.7 Å². The zero-order valence-electron chi connectivity index (χ0n) is 16.4. The summed E-state index contributed by atoms with van der Waals surface area (Å²) in [5.41, 5.74) is 7.38. The Bertz CT molecular complexity index is 916. The lowest BCUT2D eigenvalue weighted by atomic mass is 9.67. The van der Waals surface area contributed by atoms with Crippen molar-refractivity contribution >= 4 is 11.9 Å². The number of anilines is 1. The number of benzene rings is 2. The highest BCUT2D eigenvalue weighted by Crippen LogP contribution is 2.45. The summed E-state index contributed by atoms with van der Waals surface area (Å²) in [5.74, 6) is 5.27. The molecule has 1 unspecified atom stereocenters. The van der Waals surface area contributed by atoms with Crippen LogP contribution in [0.15, 0.2) is 90.2 Å². The largest absolute Gasteiger partial charge is 0.355 e. The molecule has 0 amide bonds. The van der Waals surface area contributed by atoms with E-state index in [1.54, 1.807) is 12.1 Å². The van der Waals surface area contributed by atoms with Crippen LogP contribution in [0.2, 0.25) is 0 Å². The topological polar surface area (TPSA) is 73.9 Å². The SMILES string of the molecule is C=CC1(Cc2ccccc2)CC(C=N)=C(Nc2ccc(F)cc2)C=C1CCNN. The average Bonchev–Trinajstić information content (AvgIpc) is 2.75. The predicted molar refractivity (Wildman–Crippen MR) is 118 cm³/mol. The lowest BCUT2D eigenvalue weighted by Gasteiger charge is -2.38. The fraction of sp³-hybridized carbons (Fsp3) is 0.208. The van der Waals surface area contributed by atoms with E-state index in [4.69, 9.17) is 11.3 Å². The van der Waals surface area contributed by atoms with Crippen LogP contribution in [0.3, 0.4) is 0 Å². The zero-order valence-corrected chi connectivity index (χ0v) is 16.4. The van der Waals surface area contributed by atoms with Gasteiger partial charge in [0.15, 0.2) is 0 Å². The fourth-order valence-corrected chi connectivity index (χ4v) is 3.83. The highest BCUT2D eigenvalue weighted by Gasteiger charge is 2.35. The number of nitrogens with one attached hydrogen (secondary N) is 3. The molecular weight excluding hydrogens is 363 g/mol. The highest BCUT2D eigenvalue weighted by atomic mass is 19.1. The van der Waals surface area contributed by atoms with Gasteiger partial charge in [0, 0.05) is 29.6 Å². The Morgan fingerprint density at radius 1 is 1.14 bits per heavy atom. The molecule has 29 heavy (non-hydrogen) atoms. The molecule has 3 rings (SSSR count). The molecule has 0 heterocycles. The number of halogens is 1. The van der Waals surface area contributed by atoms with Crippen LogP contribution in [-0.2, 0) is 6.42 Å². The van der Waals surface area contributed by atoms with Gasteiger partial charge in [-0.3, -0.25) is 11.3 Å². The van der Waals surface area contributed by atoms with Gasteiger partial charge in [0.25, 0.3) is 0 Å². The Labute approximate surface area is 171 Å². The Hall–Kier alpha value is -3.02. The summed E-state index contributed by atoms with van der Waals surface area (Å²) in [7, 11) is 0. The second-order valence-corrected chi connectivity index (χ2v) is 7.29. The van der Waals surface area contributed by atoms with E-state index in [1.807, 2.05) is 24.3 Å². The molecule has 1 atom stereocenters. The molecule has 0 bridgehead atoms. The van der Waals surface area contributed by atoms with Crippen LogP contribution in [0.5, 0.6) is 0 Å². The quantitative estimate of drug-likeness (QED) is 0.216. The molecule has 5 heteroatoms. The van der Waals surface area contributed by atoms with Crippen molar-refractivity contribution in [2.75, 3.05) is 11.9 Å². The summed E-state index contributed by atoms with van der Waals surface area (Å²) in [4.78, 5) is 0. The van der Waals surface area contributed by atoms with Crippen molar-refractivity contribution in [2.45, 2.75) is 19.3 Å². The van der Waals surface area contributed by atoms with Crippen LogP contribution in [0.1, 0.15) is 18.4 Å². The summed E-state index contributed by atoms with van der Waals surface area (Å²) in [6.45, 7) is 4.79. The van der Waals surface area contributed by atoms with Gasteiger partial charge >= 0.3 is 0 Å². The lowest BCUT2D eigenvalue weighted by molar-refractivity contribution is 0.431. The molecule has 1 aliphatic rings. The van der Waals surface area contributed by atoms with E-state index in [1.165, 1.54) is 29.5 Å². The first kappa shape index (κ1) is 20.7. The van der Waals surface area contributed by atoms with Crippen molar-refractivity contribution in [3.63, 3.8) is 0 Å². The third kappa shape index (κ3) is 4.88. The minimum Gasteiger partial charge on any atom is -0.355 e. The highest BCUT2D eigenvalue weighted by molar-refractivity contribution is 5.81. The summed E-state index contributed by atoms with van der Waals surface area (Å²) in [5, 5.41) is 11.3. The molecular formula is C24H27FN4. The predicted octanol–water partition coefficient (Wildman–Crippen LogP) is 4.74. The Kier molecular flexibility index (Phi) is 6.75. The van der Waals surface area contributed by atoms with Crippen molar-refractivity contribution in [3.05, 3.63) is 102 Å². The molecule has 0 fully saturated rings. The summed E-state index contributed by atoms with van der Waals surface area (Å²) in [6.07, 6.45) is 7.71. The van der Waals surface area contributed by atoms with Crippen LogP contribution in [0.4, 0.5) is 10.1 Å². The molecule has 0 aromatic heterocycles. The number of hydrogen-bond donors (Lipinski definition) is 4. The van der Waals surface area contributed by atoms with Gasteiger partial charge in [0.2, 0.25) is 0 Å². The molecule has 0 saturated heterocycles. The first-order valence-corrected chi connectivity index (χ1v) is 9.68. The maximum absolute atomic E-state index is 13.2. The Balaban J connectivity index is 1.98. The second-order valence-electron chi connectivity index (χ2n) is 7.29. The first-order chi connectivity index (χ1) is 14.1. The summed E-state index contributed by atoms with van der Waals surface area (Å²) < 4.78 is 13.2. The van der Waals surface area contributed by atoms with Crippen molar-refractivity contribution in [1.82, 2.24) is 5.43 Å². The third-order valence-electron chi connectivity index (χ3n) is 5.40. The summed E-state index contributed by atoms with van der Waals surface area (Å²) in [6, 6.07) is 16.5. The van der Waals surface area contributed by atoms with Crippen LogP contribution >= 0.6 is 0 Å². The molecule has 0 aliphatic heterocycles. The normalized spacial score (nSPS) is 18.9. The van der Waals surface area contributed by atoms with Crippen molar-refractivity contribution in [3.8, 4) is 0 Å². The monoisotopic (exact) mass is 390 g/mol. The summed E-state index contributed by atoms with van der Waals surface area (Å²) >= 11 is 0. The van der Waals surface area contributed by atoms with Crippen LogP contribution in [-0.4, -0.2) is 12.8 Å². The van der Waals surface area contributed by atoms with Crippen molar-refractivity contribution < 1.29 is 4.39 Å². The smallest absolute Gasteiger partial charge is 0.123 e. The third-order valence-corrected chi connectivity index (χ3v) is 5.40. The van der Waals surface area contributed by atoms with E-state index in [0.29, 0.717) is 13.0 Å². The molecule has 0 radical (unpaired) electrons. The maximum Gasteiger partial charge on any atom is 0.123 e. The Morgan fingerprint density at radius 3 is 2.48 bits per heavy atom. The molecule has 150 valence electrons. The molecule has 5 N–H and O–H groups in total. The van der Waals surface area contributed by atoms with Crippen molar-refractivity contribution in [2.24, 2.45) is 11.3 Å². The van der Waals surface area contributed by atoms with Crippen molar-refractivity contribution in [1.29, 1.82) is 5.41 Å². The van der Waals surface area contributed by atoms with Crippen LogP contribution in [0.25, 0.3) is 0 Å². The van der Waals surface area contributed by atoms with Gasteiger partial charge in [-0.25, -0.2) is 4.39 Å². The van der Waals surface area contributed by atoms with E-state index < -0.39 is 0 Å².